The number of likely N-dealkylation sites (tertiary alicyclic amines) is 1. The number of amides is 2. The Morgan fingerprint density at radius 3 is 2.68 bits per heavy atom. The molecule has 0 spiro atoms. The average Bonchev–Trinajstić information content (AvgIpc) is 3.08. The van der Waals surface area contributed by atoms with Crippen molar-refractivity contribution < 1.29 is 9.59 Å². The molecule has 0 unspecified atom stereocenters. The molecule has 6 heteroatoms. The molecule has 2 aliphatic heterocycles. The summed E-state index contributed by atoms with van der Waals surface area (Å²) in [4.78, 5) is 37.8. The van der Waals surface area contributed by atoms with Crippen LogP contribution in [-0.2, 0) is 28.1 Å². The first kappa shape index (κ1) is 17.8. The van der Waals surface area contributed by atoms with Crippen molar-refractivity contribution >= 4 is 11.8 Å². The van der Waals surface area contributed by atoms with Gasteiger partial charge < -0.3 is 9.80 Å². The Bertz CT molecular complexity index is 693. The van der Waals surface area contributed by atoms with Gasteiger partial charge in [0, 0.05) is 43.2 Å². The fraction of sp³-hybridized carbons (Fsp3) is 0.684. The van der Waals surface area contributed by atoms with E-state index in [0.29, 0.717) is 32.0 Å². The topological polar surface area (TPSA) is 66.4 Å². The van der Waals surface area contributed by atoms with Crippen LogP contribution in [0, 0.1) is 11.8 Å². The number of rotatable bonds is 3. The highest BCUT2D eigenvalue weighted by atomic mass is 16.2. The van der Waals surface area contributed by atoms with E-state index in [1.54, 1.807) is 0 Å². The molecule has 1 aromatic heterocycles. The first-order valence-corrected chi connectivity index (χ1v) is 9.07. The molecule has 1 aromatic rings. The lowest BCUT2D eigenvalue weighted by molar-refractivity contribution is -0.136. The van der Waals surface area contributed by atoms with E-state index in [0.717, 1.165) is 23.6 Å². The summed E-state index contributed by atoms with van der Waals surface area (Å²) in [5, 5.41) is 0. The number of hydrogen-bond donors (Lipinski definition) is 0. The lowest BCUT2D eigenvalue weighted by Gasteiger charge is -2.21. The molecule has 3 rings (SSSR count). The van der Waals surface area contributed by atoms with E-state index in [1.807, 2.05) is 16.0 Å². The molecular formula is C19H28N4O2. The molecule has 0 radical (unpaired) electrons. The Morgan fingerprint density at radius 1 is 1.32 bits per heavy atom. The minimum atomic E-state index is -0.226. The number of aromatic nitrogens is 2. The summed E-state index contributed by atoms with van der Waals surface area (Å²) in [6.45, 7) is 12.8. The Labute approximate surface area is 149 Å². The molecule has 1 atom stereocenters. The van der Waals surface area contributed by atoms with E-state index in [1.165, 1.54) is 0 Å². The highest BCUT2D eigenvalue weighted by Crippen LogP contribution is 2.28. The zero-order valence-electron chi connectivity index (χ0n) is 15.9. The van der Waals surface area contributed by atoms with Crippen molar-refractivity contribution in [3.63, 3.8) is 0 Å². The second-order valence-electron chi connectivity index (χ2n) is 8.70. The van der Waals surface area contributed by atoms with Gasteiger partial charge in [0.15, 0.2) is 0 Å². The van der Waals surface area contributed by atoms with Crippen LogP contribution in [0.4, 0.5) is 0 Å². The quantitative estimate of drug-likeness (QED) is 0.842. The van der Waals surface area contributed by atoms with Crippen molar-refractivity contribution in [3.05, 3.63) is 23.3 Å². The third-order valence-corrected chi connectivity index (χ3v) is 4.79. The second-order valence-corrected chi connectivity index (χ2v) is 8.70. The van der Waals surface area contributed by atoms with Crippen molar-refractivity contribution in [2.75, 3.05) is 13.1 Å². The first-order chi connectivity index (χ1) is 11.6. The zero-order valence-corrected chi connectivity index (χ0v) is 15.9. The van der Waals surface area contributed by atoms with E-state index in [-0.39, 0.29) is 23.1 Å². The van der Waals surface area contributed by atoms with Crippen molar-refractivity contribution in [3.8, 4) is 0 Å². The normalized spacial score (nSPS) is 20.6. The maximum atomic E-state index is 12.9. The van der Waals surface area contributed by atoms with Gasteiger partial charge in [-0.25, -0.2) is 9.97 Å². The highest BCUT2D eigenvalue weighted by molar-refractivity contribution is 5.89. The molecule has 1 saturated heterocycles. The van der Waals surface area contributed by atoms with E-state index >= 15 is 0 Å². The van der Waals surface area contributed by atoms with Crippen LogP contribution in [0.3, 0.4) is 0 Å². The van der Waals surface area contributed by atoms with Crippen molar-refractivity contribution in [2.45, 2.75) is 59.5 Å². The predicted octanol–water partition coefficient (Wildman–Crippen LogP) is 2.12. The molecule has 0 bridgehead atoms. The molecule has 3 heterocycles. The zero-order chi connectivity index (χ0) is 18.4. The average molecular weight is 344 g/mol. The van der Waals surface area contributed by atoms with Gasteiger partial charge in [-0.1, -0.05) is 34.6 Å². The van der Waals surface area contributed by atoms with Crippen LogP contribution in [0.15, 0.2) is 6.20 Å². The Balaban J connectivity index is 1.68. The summed E-state index contributed by atoms with van der Waals surface area (Å²) < 4.78 is 0. The minimum Gasteiger partial charge on any atom is -0.342 e. The lowest BCUT2D eigenvalue weighted by atomic mass is 9.95. The van der Waals surface area contributed by atoms with Gasteiger partial charge in [0.1, 0.15) is 5.82 Å². The van der Waals surface area contributed by atoms with Gasteiger partial charge in [-0.05, 0) is 5.92 Å². The van der Waals surface area contributed by atoms with E-state index < -0.39 is 0 Å². The monoisotopic (exact) mass is 344 g/mol. The number of hydrogen-bond acceptors (Lipinski definition) is 4. The van der Waals surface area contributed by atoms with Gasteiger partial charge in [0.25, 0.3) is 0 Å². The van der Waals surface area contributed by atoms with Gasteiger partial charge >= 0.3 is 0 Å². The van der Waals surface area contributed by atoms with Gasteiger partial charge in [0.05, 0.1) is 18.2 Å². The summed E-state index contributed by atoms with van der Waals surface area (Å²) in [6, 6.07) is 0. The van der Waals surface area contributed by atoms with E-state index in [4.69, 9.17) is 0 Å². The third-order valence-electron chi connectivity index (χ3n) is 4.79. The van der Waals surface area contributed by atoms with Crippen molar-refractivity contribution in [1.82, 2.24) is 19.8 Å². The van der Waals surface area contributed by atoms with Gasteiger partial charge in [-0.2, -0.15) is 0 Å². The van der Waals surface area contributed by atoms with Crippen molar-refractivity contribution in [1.29, 1.82) is 0 Å². The van der Waals surface area contributed by atoms with Crippen LogP contribution >= 0.6 is 0 Å². The fourth-order valence-corrected chi connectivity index (χ4v) is 3.48. The lowest BCUT2D eigenvalue weighted by Crippen LogP contribution is -2.34. The maximum absolute atomic E-state index is 12.9. The molecular weight excluding hydrogens is 316 g/mol. The molecule has 6 nitrogen and oxygen atoms in total. The first-order valence-electron chi connectivity index (χ1n) is 9.07. The highest BCUT2D eigenvalue weighted by Gasteiger charge is 2.38. The largest absolute Gasteiger partial charge is 0.342 e. The summed E-state index contributed by atoms with van der Waals surface area (Å²) in [6.07, 6.45) is 2.18. The van der Waals surface area contributed by atoms with Crippen LogP contribution in [0.25, 0.3) is 0 Å². The molecule has 136 valence electrons. The Hall–Kier alpha value is -1.98. The summed E-state index contributed by atoms with van der Waals surface area (Å²) in [7, 11) is 0. The van der Waals surface area contributed by atoms with E-state index in [9.17, 15) is 9.59 Å². The Morgan fingerprint density at radius 2 is 2.04 bits per heavy atom. The minimum absolute atomic E-state index is 0.0647. The smallest absolute Gasteiger partial charge is 0.228 e. The molecule has 25 heavy (non-hydrogen) atoms. The number of carbonyl (C=O) groups is 2. The molecule has 0 aromatic carbocycles. The van der Waals surface area contributed by atoms with Crippen LogP contribution in [0.2, 0.25) is 0 Å². The molecule has 1 fully saturated rings. The molecule has 0 aliphatic carbocycles. The van der Waals surface area contributed by atoms with Crippen LogP contribution in [0.1, 0.15) is 58.1 Å². The van der Waals surface area contributed by atoms with E-state index in [2.05, 4.69) is 44.6 Å². The molecule has 0 N–H and O–H groups in total. The molecule has 2 aliphatic rings. The Kier molecular flexibility index (Phi) is 4.56. The number of fused-ring (bicyclic) bond motifs is 1. The van der Waals surface area contributed by atoms with Crippen LogP contribution in [0.5, 0.6) is 0 Å². The van der Waals surface area contributed by atoms with Gasteiger partial charge in [0.2, 0.25) is 11.8 Å². The summed E-state index contributed by atoms with van der Waals surface area (Å²) >= 11 is 0. The predicted molar refractivity (Wildman–Crippen MR) is 94.5 cm³/mol. The summed E-state index contributed by atoms with van der Waals surface area (Å²) in [5.74, 6) is 1.16. The maximum Gasteiger partial charge on any atom is 0.228 e. The SMILES string of the molecule is CC(C)CN1C[C@H](C(=O)N2Cc3cnc(C(C)(C)C)nc3C2)CC1=O. The van der Waals surface area contributed by atoms with Gasteiger partial charge in [-0.15, -0.1) is 0 Å². The molecule has 2 amide bonds. The standard InChI is InChI=1S/C19H28N4O2/c1-12(2)8-22-9-13(6-16(22)24)17(25)23-10-14-7-20-18(19(3,4)5)21-15(14)11-23/h7,12-13H,6,8-11H2,1-5H3/t13-/m1/s1. The van der Waals surface area contributed by atoms with Crippen LogP contribution in [-0.4, -0.2) is 44.7 Å². The second kappa shape index (κ2) is 6.39. The number of carbonyl (C=O) groups excluding carboxylic acids is 2. The van der Waals surface area contributed by atoms with Crippen molar-refractivity contribution in [2.24, 2.45) is 11.8 Å². The van der Waals surface area contributed by atoms with Crippen LogP contribution < -0.4 is 0 Å². The number of nitrogens with zero attached hydrogens (tertiary/aromatic N) is 4. The van der Waals surface area contributed by atoms with Gasteiger partial charge in [-0.3, -0.25) is 9.59 Å². The third kappa shape index (κ3) is 3.67. The fourth-order valence-electron chi connectivity index (χ4n) is 3.48. The molecule has 0 saturated carbocycles. The summed E-state index contributed by atoms with van der Waals surface area (Å²) in [5.41, 5.74) is 1.85.